The number of hydrogen-bond donors (Lipinski definition) is 1. The zero-order valence-corrected chi connectivity index (χ0v) is 12.5. The van der Waals surface area contributed by atoms with Gasteiger partial charge in [0.25, 0.3) is 5.69 Å². The normalized spacial score (nSPS) is 11.6. The van der Waals surface area contributed by atoms with Crippen LogP contribution in [0, 0.1) is 10.1 Å². The molecule has 0 aromatic heterocycles. The standard InChI is InChI=1S/C15H12BrN3O2/c16-13(10-12-6-2-1-3-7-12)11-17-18-14-8-4-5-9-15(14)19(20)21/h1-11,18H. The zero-order valence-electron chi connectivity index (χ0n) is 10.9. The smallest absolute Gasteiger partial charge is 0.272 e. The van der Waals surface area contributed by atoms with Gasteiger partial charge in [-0.15, -0.1) is 0 Å². The van der Waals surface area contributed by atoms with Crippen molar-refractivity contribution >= 4 is 39.6 Å². The Bertz CT molecular complexity index is 684. The molecule has 0 amide bonds. The van der Waals surface area contributed by atoms with Crippen molar-refractivity contribution in [2.75, 3.05) is 5.43 Å². The van der Waals surface area contributed by atoms with E-state index in [0.29, 0.717) is 5.69 Å². The average molecular weight is 346 g/mol. The summed E-state index contributed by atoms with van der Waals surface area (Å²) in [6.07, 6.45) is 3.44. The van der Waals surface area contributed by atoms with Gasteiger partial charge >= 0.3 is 0 Å². The molecule has 1 N–H and O–H groups in total. The van der Waals surface area contributed by atoms with Crippen molar-refractivity contribution in [2.45, 2.75) is 0 Å². The summed E-state index contributed by atoms with van der Waals surface area (Å²) < 4.78 is 0.750. The van der Waals surface area contributed by atoms with Crippen LogP contribution < -0.4 is 5.43 Å². The summed E-state index contributed by atoms with van der Waals surface area (Å²) in [5.41, 5.74) is 4.03. The molecule has 0 spiro atoms. The van der Waals surface area contributed by atoms with Gasteiger partial charge in [0.05, 0.1) is 11.1 Å². The van der Waals surface area contributed by atoms with Gasteiger partial charge in [0, 0.05) is 10.5 Å². The molecule has 0 radical (unpaired) electrons. The summed E-state index contributed by atoms with van der Waals surface area (Å²) in [7, 11) is 0. The fourth-order valence-corrected chi connectivity index (χ4v) is 2.00. The highest BCUT2D eigenvalue weighted by molar-refractivity contribution is 9.12. The third-order valence-electron chi connectivity index (χ3n) is 2.58. The van der Waals surface area contributed by atoms with E-state index in [0.717, 1.165) is 10.0 Å². The van der Waals surface area contributed by atoms with Crippen molar-refractivity contribution in [1.82, 2.24) is 0 Å². The first kappa shape index (κ1) is 14.9. The molecule has 0 aliphatic carbocycles. The molecule has 0 aliphatic rings. The van der Waals surface area contributed by atoms with Crippen molar-refractivity contribution in [3.8, 4) is 0 Å². The first-order valence-corrected chi connectivity index (χ1v) is 6.91. The van der Waals surface area contributed by atoms with E-state index in [2.05, 4.69) is 26.5 Å². The molecule has 21 heavy (non-hydrogen) atoms. The molecular formula is C15H12BrN3O2. The Labute approximate surface area is 130 Å². The number of nitro benzene ring substituents is 1. The zero-order chi connectivity index (χ0) is 15.1. The maximum Gasteiger partial charge on any atom is 0.294 e. The van der Waals surface area contributed by atoms with Crippen LogP contribution in [0.3, 0.4) is 0 Å². The van der Waals surface area contributed by atoms with Gasteiger partial charge in [0.15, 0.2) is 0 Å². The average Bonchev–Trinajstić information content (AvgIpc) is 2.48. The van der Waals surface area contributed by atoms with Gasteiger partial charge in [-0.05, 0) is 33.6 Å². The largest absolute Gasteiger partial charge is 0.294 e. The lowest BCUT2D eigenvalue weighted by Crippen LogP contribution is -1.96. The number of nitrogens with zero attached hydrogens (tertiary/aromatic N) is 2. The van der Waals surface area contributed by atoms with E-state index in [1.165, 1.54) is 6.07 Å². The van der Waals surface area contributed by atoms with Crippen LogP contribution in [-0.2, 0) is 0 Å². The van der Waals surface area contributed by atoms with Crippen molar-refractivity contribution in [1.29, 1.82) is 0 Å². The molecule has 0 atom stereocenters. The molecule has 0 bridgehead atoms. The number of allylic oxidation sites excluding steroid dienone is 1. The van der Waals surface area contributed by atoms with Crippen molar-refractivity contribution in [2.24, 2.45) is 5.10 Å². The molecular weight excluding hydrogens is 334 g/mol. The van der Waals surface area contributed by atoms with Gasteiger partial charge in [-0.2, -0.15) is 5.10 Å². The van der Waals surface area contributed by atoms with E-state index in [1.54, 1.807) is 24.4 Å². The summed E-state index contributed by atoms with van der Waals surface area (Å²) >= 11 is 3.37. The fraction of sp³-hybridized carbons (Fsp3) is 0. The number of halogens is 1. The van der Waals surface area contributed by atoms with Crippen molar-refractivity contribution in [3.05, 3.63) is 74.8 Å². The lowest BCUT2D eigenvalue weighted by atomic mass is 10.2. The molecule has 6 heteroatoms. The Morgan fingerprint density at radius 3 is 2.52 bits per heavy atom. The molecule has 0 unspecified atom stereocenters. The second-order valence-electron chi connectivity index (χ2n) is 4.08. The van der Waals surface area contributed by atoms with Gasteiger partial charge in [-0.3, -0.25) is 15.5 Å². The molecule has 5 nitrogen and oxygen atoms in total. The highest BCUT2D eigenvalue weighted by Gasteiger charge is 2.10. The number of anilines is 1. The first-order chi connectivity index (χ1) is 10.2. The van der Waals surface area contributed by atoms with Gasteiger partial charge in [0.1, 0.15) is 5.69 Å². The van der Waals surface area contributed by atoms with Crippen LogP contribution in [0.15, 0.2) is 64.2 Å². The number of rotatable bonds is 5. The quantitative estimate of drug-likeness (QED) is 0.495. The van der Waals surface area contributed by atoms with Gasteiger partial charge in [-0.25, -0.2) is 0 Å². The van der Waals surface area contributed by atoms with E-state index >= 15 is 0 Å². The maximum absolute atomic E-state index is 10.9. The minimum absolute atomic E-state index is 0.0159. The molecule has 0 aliphatic heterocycles. The fourth-order valence-electron chi connectivity index (χ4n) is 1.64. The Hall–Kier alpha value is -2.47. The van der Waals surface area contributed by atoms with E-state index in [-0.39, 0.29) is 5.69 Å². The maximum atomic E-state index is 10.9. The van der Waals surface area contributed by atoms with Gasteiger partial charge in [0.2, 0.25) is 0 Å². The van der Waals surface area contributed by atoms with Crippen LogP contribution in [0.4, 0.5) is 11.4 Å². The number of nitro groups is 1. The molecule has 2 aromatic carbocycles. The number of para-hydroxylation sites is 2. The third-order valence-corrected chi connectivity index (χ3v) is 3.01. The highest BCUT2D eigenvalue weighted by Crippen LogP contribution is 2.23. The predicted octanol–water partition coefficient (Wildman–Crippen LogP) is 4.43. The molecule has 0 fully saturated rings. The second-order valence-corrected chi connectivity index (χ2v) is 5.00. The Morgan fingerprint density at radius 2 is 1.81 bits per heavy atom. The van der Waals surface area contributed by atoms with Gasteiger partial charge < -0.3 is 0 Å². The van der Waals surface area contributed by atoms with Crippen LogP contribution in [0.5, 0.6) is 0 Å². The molecule has 106 valence electrons. The summed E-state index contributed by atoms with van der Waals surface area (Å²) in [4.78, 5) is 10.4. The van der Waals surface area contributed by atoms with Gasteiger partial charge in [-0.1, -0.05) is 42.5 Å². The molecule has 0 saturated heterocycles. The van der Waals surface area contributed by atoms with Crippen molar-refractivity contribution in [3.63, 3.8) is 0 Å². The summed E-state index contributed by atoms with van der Waals surface area (Å²) in [5, 5.41) is 14.8. The topological polar surface area (TPSA) is 67.5 Å². The Kier molecular flexibility index (Phi) is 5.22. The van der Waals surface area contributed by atoms with Crippen LogP contribution in [-0.4, -0.2) is 11.1 Å². The molecule has 2 aromatic rings. The summed E-state index contributed by atoms with van der Waals surface area (Å²) in [6.45, 7) is 0. The number of hydrogen-bond acceptors (Lipinski definition) is 4. The lowest BCUT2D eigenvalue weighted by molar-refractivity contribution is -0.384. The number of hydrazone groups is 1. The van der Waals surface area contributed by atoms with E-state index < -0.39 is 4.92 Å². The number of benzene rings is 2. The lowest BCUT2D eigenvalue weighted by Gasteiger charge is -2.00. The second kappa shape index (κ2) is 7.35. The van der Waals surface area contributed by atoms with E-state index in [9.17, 15) is 10.1 Å². The summed E-state index contributed by atoms with van der Waals surface area (Å²) in [5.74, 6) is 0. The molecule has 0 heterocycles. The summed E-state index contributed by atoms with van der Waals surface area (Å²) in [6, 6.07) is 16.1. The first-order valence-electron chi connectivity index (χ1n) is 6.11. The minimum atomic E-state index is -0.452. The number of nitrogens with one attached hydrogen (secondary N) is 1. The Balaban J connectivity index is 2.06. The van der Waals surface area contributed by atoms with Crippen LogP contribution >= 0.6 is 15.9 Å². The molecule has 0 saturated carbocycles. The van der Waals surface area contributed by atoms with E-state index in [4.69, 9.17) is 0 Å². The van der Waals surface area contributed by atoms with Crippen LogP contribution in [0.25, 0.3) is 6.08 Å². The van der Waals surface area contributed by atoms with Crippen molar-refractivity contribution < 1.29 is 4.92 Å². The monoisotopic (exact) mass is 345 g/mol. The van der Waals surface area contributed by atoms with E-state index in [1.807, 2.05) is 36.4 Å². The predicted molar refractivity (Wildman–Crippen MR) is 88.6 cm³/mol. The Morgan fingerprint density at radius 1 is 1.14 bits per heavy atom. The van der Waals surface area contributed by atoms with Crippen LogP contribution in [0.1, 0.15) is 5.56 Å². The molecule has 2 rings (SSSR count). The minimum Gasteiger partial charge on any atom is -0.272 e. The van der Waals surface area contributed by atoms with Crippen LogP contribution in [0.2, 0.25) is 0 Å². The highest BCUT2D eigenvalue weighted by atomic mass is 79.9. The SMILES string of the molecule is O=[N+]([O-])c1ccccc1NN=CC(Br)=Cc1ccccc1. The third kappa shape index (κ3) is 4.54.